The van der Waals surface area contributed by atoms with Crippen LogP contribution < -0.4 is 5.32 Å². The van der Waals surface area contributed by atoms with E-state index in [-0.39, 0.29) is 24.0 Å². The van der Waals surface area contributed by atoms with Crippen molar-refractivity contribution in [1.29, 1.82) is 0 Å². The zero-order chi connectivity index (χ0) is 22.1. The molecule has 0 bridgehead atoms. The quantitative estimate of drug-likeness (QED) is 0.650. The Labute approximate surface area is 175 Å². The van der Waals surface area contributed by atoms with E-state index in [1.54, 1.807) is 30.3 Å². The smallest absolute Gasteiger partial charge is 0.290 e. The number of sulfone groups is 1. The summed E-state index contributed by atoms with van der Waals surface area (Å²) in [5.74, 6) is -1.31. The molecule has 0 atom stereocenters. The molecule has 1 aromatic heterocycles. The molecule has 0 spiro atoms. The van der Waals surface area contributed by atoms with Crippen LogP contribution >= 0.6 is 0 Å². The Morgan fingerprint density at radius 1 is 1.07 bits per heavy atom. The second-order valence-corrected chi connectivity index (χ2v) is 9.57. The maximum absolute atomic E-state index is 13.0. The maximum atomic E-state index is 13.0. The number of carbonyl (C=O) groups is 2. The first-order chi connectivity index (χ1) is 14.1. The fraction of sp³-hybridized carbons (Fsp3) is 0.273. The van der Waals surface area contributed by atoms with Gasteiger partial charge in [-0.05, 0) is 37.1 Å². The number of rotatable bonds is 6. The van der Waals surface area contributed by atoms with Gasteiger partial charge in [0.05, 0.1) is 12.3 Å². The predicted molar refractivity (Wildman–Crippen MR) is 116 cm³/mol. The summed E-state index contributed by atoms with van der Waals surface area (Å²) in [6.45, 7) is 3.65. The van der Waals surface area contributed by atoms with Crippen LogP contribution in [0.15, 0.2) is 46.9 Å². The van der Waals surface area contributed by atoms with E-state index in [4.69, 9.17) is 4.42 Å². The van der Waals surface area contributed by atoms with Gasteiger partial charge in [0, 0.05) is 29.9 Å². The lowest BCUT2D eigenvalue weighted by Crippen LogP contribution is -2.35. The van der Waals surface area contributed by atoms with Crippen molar-refractivity contribution in [3.05, 3.63) is 64.9 Å². The summed E-state index contributed by atoms with van der Waals surface area (Å²) in [6, 6.07) is 12.5. The minimum absolute atomic E-state index is 0.0661. The standard InChI is InChI=1S/C22H24N2O5S/c1-14-8-7-10-18(15(14)2)23-20(25)12-24(3)22(26)21-17(13-30(4,27)28)16-9-5-6-11-19(16)29-21/h5-11H,12-13H2,1-4H3,(H,23,25). The number of furan rings is 1. The van der Waals surface area contributed by atoms with Crippen molar-refractivity contribution in [2.45, 2.75) is 19.6 Å². The monoisotopic (exact) mass is 428 g/mol. The number of aryl methyl sites for hydroxylation is 1. The summed E-state index contributed by atoms with van der Waals surface area (Å²) in [5.41, 5.74) is 3.41. The minimum atomic E-state index is -3.40. The molecule has 0 saturated heterocycles. The van der Waals surface area contributed by atoms with Crippen molar-refractivity contribution < 1.29 is 22.4 Å². The first kappa shape index (κ1) is 21.6. The summed E-state index contributed by atoms with van der Waals surface area (Å²) in [5, 5.41) is 3.38. The fourth-order valence-electron chi connectivity index (χ4n) is 3.21. The van der Waals surface area contributed by atoms with Crippen molar-refractivity contribution in [1.82, 2.24) is 4.90 Å². The number of nitrogens with zero attached hydrogens (tertiary/aromatic N) is 1. The van der Waals surface area contributed by atoms with E-state index in [2.05, 4.69) is 5.32 Å². The van der Waals surface area contributed by atoms with Gasteiger partial charge < -0.3 is 14.6 Å². The third-order valence-corrected chi connectivity index (χ3v) is 5.72. The third kappa shape index (κ3) is 4.71. The van der Waals surface area contributed by atoms with Gasteiger partial charge in [-0.15, -0.1) is 0 Å². The van der Waals surface area contributed by atoms with Crippen LogP contribution in [0.2, 0.25) is 0 Å². The molecule has 30 heavy (non-hydrogen) atoms. The average molecular weight is 429 g/mol. The molecule has 8 heteroatoms. The lowest BCUT2D eigenvalue weighted by Gasteiger charge is -2.17. The number of fused-ring (bicyclic) bond motifs is 1. The van der Waals surface area contributed by atoms with Crippen molar-refractivity contribution in [3.63, 3.8) is 0 Å². The Morgan fingerprint density at radius 2 is 1.77 bits per heavy atom. The molecule has 1 heterocycles. The summed E-state index contributed by atoms with van der Waals surface area (Å²) in [6.07, 6.45) is 1.10. The number of carbonyl (C=O) groups excluding carboxylic acids is 2. The van der Waals surface area contributed by atoms with Crippen LogP contribution in [0.1, 0.15) is 27.2 Å². The molecule has 1 N–H and O–H groups in total. The van der Waals surface area contributed by atoms with Crippen molar-refractivity contribution in [3.8, 4) is 0 Å². The summed E-state index contributed by atoms with van der Waals surface area (Å²) in [4.78, 5) is 26.7. The van der Waals surface area contributed by atoms with Crippen LogP contribution in [0, 0.1) is 13.8 Å². The van der Waals surface area contributed by atoms with Gasteiger partial charge in [-0.3, -0.25) is 9.59 Å². The van der Waals surface area contributed by atoms with Gasteiger partial charge in [-0.25, -0.2) is 8.42 Å². The summed E-state index contributed by atoms with van der Waals surface area (Å²) in [7, 11) is -1.93. The number of nitrogens with one attached hydrogen (secondary N) is 1. The highest BCUT2D eigenvalue weighted by Crippen LogP contribution is 2.28. The average Bonchev–Trinajstić information content (AvgIpc) is 3.01. The molecule has 158 valence electrons. The second kappa shape index (κ2) is 8.31. The summed E-state index contributed by atoms with van der Waals surface area (Å²) >= 11 is 0. The van der Waals surface area contributed by atoms with Gasteiger partial charge in [-0.2, -0.15) is 0 Å². The number of likely N-dealkylation sites (N-methyl/N-ethyl adjacent to an activating group) is 1. The van der Waals surface area contributed by atoms with Gasteiger partial charge in [0.15, 0.2) is 15.6 Å². The van der Waals surface area contributed by atoms with Crippen LogP contribution in [0.25, 0.3) is 11.0 Å². The van der Waals surface area contributed by atoms with Crippen LogP contribution in [0.5, 0.6) is 0 Å². The Kier molecular flexibility index (Phi) is 5.98. The number of para-hydroxylation sites is 1. The van der Waals surface area contributed by atoms with Crippen LogP contribution in [0.3, 0.4) is 0 Å². The second-order valence-electron chi connectivity index (χ2n) is 7.43. The fourth-order valence-corrected chi connectivity index (χ4v) is 4.02. The Balaban J connectivity index is 1.83. The molecule has 0 aliphatic rings. The number of benzene rings is 2. The molecule has 0 radical (unpaired) electrons. The lowest BCUT2D eigenvalue weighted by atomic mass is 10.1. The van der Waals surface area contributed by atoms with Crippen LogP contribution in [-0.4, -0.2) is 45.0 Å². The van der Waals surface area contributed by atoms with E-state index in [0.717, 1.165) is 17.4 Å². The molecule has 0 aliphatic heterocycles. The largest absolute Gasteiger partial charge is 0.451 e. The number of hydrogen-bond acceptors (Lipinski definition) is 5. The highest BCUT2D eigenvalue weighted by atomic mass is 32.2. The normalized spacial score (nSPS) is 11.5. The lowest BCUT2D eigenvalue weighted by molar-refractivity contribution is -0.116. The number of amides is 2. The van der Waals surface area contributed by atoms with Gasteiger partial charge in [-0.1, -0.05) is 30.3 Å². The Bertz CT molecular complexity index is 1230. The van der Waals surface area contributed by atoms with Crippen molar-refractivity contribution in [2.24, 2.45) is 0 Å². The van der Waals surface area contributed by atoms with Gasteiger partial charge in [0.2, 0.25) is 5.91 Å². The molecular formula is C22H24N2O5S. The van der Waals surface area contributed by atoms with Crippen molar-refractivity contribution >= 4 is 38.3 Å². The highest BCUT2D eigenvalue weighted by molar-refractivity contribution is 7.89. The molecule has 7 nitrogen and oxygen atoms in total. The molecule has 3 aromatic rings. The van der Waals surface area contributed by atoms with E-state index in [1.165, 1.54) is 11.9 Å². The Morgan fingerprint density at radius 3 is 2.47 bits per heavy atom. The Hall–Kier alpha value is -3.13. The number of hydrogen-bond donors (Lipinski definition) is 1. The van der Waals surface area contributed by atoms with Gasteiger partial charge in [0.25, 0.3) is 5.91 Å². The zero-order valence-electron chi connectivity index (χ0n) is 17.4. The van der Waals surface area contributed by atoms with E-state index < -0.39 is 15.7 Å². The predicted octanol–water partition coefficient (Wildman–Crippen LogP) is 3.30. The highest BCUT2D eigenvalue weighted by Gasteiger charge is 2.26. The third-order valence-electron chi connectivity index (χ3n) is 4.91. The number of anilines is 1. The minimum Gasteiger partial charge on any atom is -0.451 e. The van der Waals surface area contributed by atoms with Crippen molar-refractivity contribution in [2.75, 3.05) is 25.2 Å². The van der Waals surface area contributed by atoms with E-state index in [9.17, 15) is 18.0 Å². The topological polar surface area (TPSA) is 96.7 Å². The SMILES string of the molecule is Cc1cccc(NC(=O)CN(C)C(=O)c2oc3ccccc3c2CS(C)(=O)=O)c1C. The molecule has 2 amide bonds. The first-order valence-corrected chi connectivity index (χ1v) is 11.4. The first-order valence-electron chi connectivity index (χ1n) is 9.36. The van der Waals surface area contributed by atoms with E-state index in [0.29, 0.717) is 22.2 Å². The summed E-state index contributed by atoms with van der Waals surface area (Å²) < 4.78 is 29.5. The zero-order valence-corrected chi connectivity index (χ0v) is 18.2. The van der Waals surface area contributed by atoms with Crippen LogP contribution in [-0.2, 0) is 20.4 Å². The molecule has 0 unspecified atom stereocenters. The molecular weight excluding hydrogens is 404 g/mol. The van der Waals surface area contributed by atoms with Gasteiger partial charge >= 0.3 is 0 Å². The van der Waals surface area contributed by atoms with Crippen LogP contribution in [0.4, 0.5) is 5.69 Å². The molecule has 0 fully saturated rings. The van der Waals surface area contributed by atoms with Gasteiger partial charge in [0.1, 0.15) is 5.58 Å². The molecule has 0 aliphatic carbocycles. The van der Waals surface area contributed by atoms with E-state index in [1.807, 2.05) is 26.0 Å². The molecule has 2 aromatic carbocycles. The molecule has 3 rings (SSSR count). The van der Waals surface area contributed by atoms with E-state index >= 15 is 0 Å². The maximum Gasteiger partial charge on any atom is 0.290 e. The molecule has 0 saturated carbocycles.